The van der Waals surface area contributed by atoms with Gasteiger partial charge in [-0.3, -0.25) is 4.79 Å². The van der Waals surface area contributed by atoms with Crippen LogP contribution in [0.1, 0.15) is 44.2 Å². The van der Waals surface area contributed by atoms with Crippen molar-refractivity contribution < 1.29 is 9.53 Å². The molecule has 1 N–H and O–H groups in total. The van der Waals surface area contributed by atoms with E-state index in [9.17, 15) is 4.79 Å². The predicted octanol–water partition coefficient (Wildman–Crippen LogP) is 3.24. The van der Waals surface area contributed by atoms with E-state index < -0.39 is 0 Å². The predicted molar refractivity (Wildman–Crippen MR) is 78.6 cm³/mol. The molecule has 0 radical (unpaired) electrons. The molecule has 0 aliphatic heterocycles. The molecule has 0 saturated heterocycles. The molecule has 0 spiro atoms. The number of hydrogen-bond acceptors (Lipinski definition) is 2. The monoisotopic (exact) mass is 263 g/mol. The maximum atomic E-state index is 11.6. The number of nitrogens with one attached hydrogen (secondary N) is 1. The van der Waals surface area contributed by atoms with E-state index in [0.29, 0.717) is 6.42 Å². The molecule has 1 aromatic carbocycles. The lowest BCUT2D eigenvalue weighted by Crippen LogP contribution is -2.31. The van der Waals surface area contributed by atoms with Gasteiger partial charge in [0, 0.05) is 12.5 Å². The van der Waals surface area contributed by atoms with Gasteiger partial charge in [0.05, 0.1) is 7.11 Å². The standard InChI is InChI=1S/C16H25NO2/c1-5-13(3)17-16(18)8-6-7-14-9-10-15(19-4)12(2)11-14/h9-11,13H,5-8H2,1-4H3,(H,17,18)/t13-/m0/s1. The number of hydrogen-bond donors (Lipinski definition) is 1. The SMILES string of the molecule is CC[C@H](C)NC(=O)CCCc1ccc(OC)c(C)c1. The molecule has 1 rings (SSSR count). The minimum Gasteiger partial charge on any atom is -0.496 e. The zero-order chi connectivity index (χ0) is 14.3. The fourth-order valence-corrected chi connectivity index (χ4v) is 2.00. The molecule has 0 unspecified atom stereocenters. The van der Waals surface area contributed by atoms with Crippen LogP contribution < -0.4 is 10.1 Å². The Kier molecular flexibility index (Phi) is 6.40. The lowest BCUT2D eigenvalue weighted by molar-refractivity contribution is -0.121. The quantitative estimate of drug-likeness (QED) is 0.820. The Bertz CT molecular complexity index is 415. The van der Waals surface area contributed by atoms with Gasteiger partial charge in [0.1, 0.15) is 5.75 Å². The third-order valence-corrected chi connectivity index (χ3v) is 3.35. The Hall–Kier alpha value is -1.51. The van der Waals surface area contributed by atoms with Crippen LogP contribution in [0.3, 0.4) is 0 Å². The van der Waals surface area contributed by atoms with Gasteiger partial charge in [-0.15, -0.1) is 0 Å². The van der Waals surface area contributed by atoms with Crippen LogP contribution in [0.25, 0.3) is 0 Å². The van der Waals surface area contributed by atoms with Crippen LogP contribution in [-0.2, 0) is 11.2 Å². The van der Waals surface area contributed by atoms with Gasteiger partial charge < -0.3 is 10.1 Å². The van der Waals surface area contributed by atoms with E-state index >= 15 is 0 Å². The molecule has 0 aromatic heterocycles. The van der Waals surface area contributed by atoms with Gasteiger partial charge in [-0.2, -0.15) is 0 Å². The first-order valence-electron chi connectivity index (χ1n) is 6.99. The number of amides is 1. The summed E-state index contributed by atoms with van der Waals surface area (Å²) in [7, 11) is 1.68. The smallest absolute Gasteiger partial charge is 0.220 e. The van der Waals surface area contributed by atoms with Gasteiger partial charge in [0.25, 0.3) is 0 Å². The fraction of sp³-hybridized carbons (Fsp3) is 0.562. The Morgan fingerprint density at radius 2 is 2.16 bits per heavy atom. The summed E-state index contributed by atoms with van der Waals surface area (Å²) in [5.41, 5.74) is 2.40. The zero-order valence-electron chi connectivity index (χ0n) is 12.5. The van der Waals surface area contributed by atoms with Crippen LogP contribution in [0.4, 0.5) is 0 Å². The number of carbonyl (C=O) groups is 1. The first kappa shape index (κ1) is 15.5. The van der Waals surface area contributed by atoms with Crippen LogP contribution >= 0.6 is 0 Å². The van der Waals surface area contributed by atoms with Crippen LogP contribution in [0.2, 0.25) is 0 Å². The molecule has 0 heterocycles. The van der Waals surface area contributed by atoms with E-state index in [-0.39, 0.29) is 11.9 Å². The van der Waals surface area contributed by atoms with Crippen LogP contribution in [0, 0.1) is 6.92 Å². The Morgan fingerprint density at radius 3 is 2.74 bits per heavy atom. The van der Waals surface area contributed by atoms with Crippen LogP contribution in [-0.4, -0.2) is 19.1 Å². The first-order valence-corrected chi connectivity index (χ1v) is 6.99. The molecule has 0 bridgehead atoms. The molecule has 1 atom stereocenters. The van der Waals surface area contributed by atoms with Gasteiger partial charge in [0.2, 0.25) is 5.91 Å². The highest BCUT2D eigenvalue weighted by Crippen LogP contribution is 2.19. The van der Waals surface area contributed by atoms with E-state index in [1.165, 1.54) is 5.56 Å². The van der Waals surface area contributed by atoms with Crippen molar-refractivity contribution in [2.24, 2.45) is 0 Å². The van der Waals surface area contributed by atoms with Crippen molar-refractivity contribution in [3.63, 3.8) is 0 Å². The summed E-state index contributed by atoms with van der Waals surface area (Å²) in [6.07, 6.45) is 3.38. The highest BCUT2D eigenvalue weighted by Gasteiger charge is 2.06. The van der Waals surface area contributed by atoms with Crippen molar-refractivity contribution in [2.45, 2.75) is 52.5 Å². The zero-order valence-corrected chi connectivity index (χ0v) is 12.5. The summed E-state index contributed by atoms with van der Waals surface area (Å²) in [6.45, 7) is 6.15. The van der Waals surface area contributed by atoms with Crippen molar-refractivity contribution in [1.82, 2.24) is 5.32 Å². The molecule has 3 nitrogen and oxygen atoms in total. The van der Waals surface area contributed by atoms with E-state index in [2.05, 4.69) is 24.4 Å². The van der Waals surface area contributed by atoms with E-state index in [0.717, 1.165) is 30.6 Å². The maximum Gasteiger partial charge on any atom is 0.220 e. The maximum absolute atomic E-state index is 11.6. The first-order chi connectivity index (χ1) is 9.06. The summed E-state index contributed by atoms with van der Waals surface area (Å²) in [4.78, 5) is 11.6. The average Bonchev–Trinajstić information content (AvgIpc) is 2.38. The summed E-state index contributed by atoms with van der Waals surface area (Å²) in [5, 5.41) is 2.99. The van der Waals surface area contributed by atoms with E-state index in [1.807, 2.05) is 19.9 Å². The van der Waals surface area contributed by atoms with Crippen molar-refractivity contribution in [3.05, 3.63) is 29.3 Å². The summed E-state index contributed by atoms with van der Waals surface area (Å²) in [6, 6.07) is 6.46. The lowest BCUT2D eigenvalue weighted by Gasteiger charge is -2.11. The number of aryl methyl sites for hydroxylation is 2. The molecule has 0 fully saturated rings. The minimum absolute atomic E-state index is 0.152. The van der Waals surface area contributed by atoms with E-state index in [1.54, 1.807) is 7.11 Å². The van der Waals surface area contributed by atoms with Gasteiger partial charge in [-0.05, 0) is 50.3 Å². The molecule has 0 aliphatic rings. The second kappa shape index (κ2) is 7.82. The summed E-state index contributed by atoms with van der Waals surface area (Å²) < 4.78 is 5.23. The molecule has 0 aliphatic carbocycles. The molecule has 1 amide bonds. The fourth-order valence-electron chi connectivity index (χ4n) is 2.00. The highest BCUT2D eigenvalue weighted by molar-refractivity contribution is 5.76. The molecule has 0 saturated carbocycles. The lowest BCUT2D eigenvalue weighted by atomic mass is 10.0. The second-order valence-electron chi connectivity index (χ2n) is 5.03. The van der Waals surface area contributed by atoms with Gasteiger partial charge in [-0.1, -0.05) is 19.1 Å². The molecule has 19 heavy (non-hydrogen) atoms. The van der Waals surface area contributed by atoms with Crippen molar-refractivity contribution in [3.8, 4) is 5.75 Å². The number of benzene rings is 1. The number of carbonyl (C=O) groups excluding carboxylic acids is 1. The Labute approximate surface area is 116 Å². The largest absolute Gasteiger partial charge is 0.496 e. The third-order valence-electron chi connectivity index (χ3n) is 3.35. The molecule has 1 aromatic rings. The molecular weight excluding hydrogens is 238 g/mol. The number of methoxy groups -OCH3 is 1. The van der Waals surface area contributed by atoms with E-state index in [4.69, 9.17) is 4.74 Å². The number of ether oxygens (including phenoxy) is 1. The van der Waals surface area contributed by atoms with Crippen molar-refractivity contribution >= 4 is 5.91 Å². The average molecular weight is 263 g/mol. The van der Waals surface area contributed by atoms with Crippen LogP contribution in [0.5, 0.6) is 5.75 Å². The van der Waals surface area contributed by atoms with Gasteiger partial charge >= 0.3 is 0 Å². The second-order valence-corrected chi connectivity index (χ2v) is 5.03. The minimum atomic E-state index is 0.152. The van der Waals surface area contributed by atoms with Gasteiger partial charge in [-0.25, -0.2) is 0 Å². The normalized spacial score (nSPS) is 12.0. The molecular formula is C16H25NO2. The topological polar surface area (TPSA) is 38.3 Å². The number of rotatable bonds is 7. The Balaban J connectivity index is 2.37. The van der Waals surface area contributed by atoms with Gasteiger partial charge in [0.15, 0.2) is 0 Å². The van der Waals surface area contributed by atoms with Crippen molar-refractivity contribution in [2.75, 3.05) is 7.11 Å². The summed E-state index contributed by atoms with van der Waals surface area (Å²) in [5.74, 6) is 1.07. The van der Waals surface area contributed by atoms with Crippen LogP contribution in [0.15, 0.2) is 18.2 Å². The Morgan fingerprint density at radius 1 is 1.42 bits per heavy atom. The van der Waals surface area contributed by atoms with Crippen molar-refractivity contribution in [1.29, 1.82) is 0 Å². The molecule has 106 valence electrons. The molecule has 3 heteroatoms. The third kappa shape index (κ3) is 5.33. The highest BCUT2D eigenvalue weighted by atomic mass is 16.5. The summed E-state index contributed by atoms with van der Waals surface area (Å²) >= 11 is 0.